The Hall–Kier alpha value is -4.13. The summed E-state index contributed by atoms with van der Waals surface area (Å²) >= 11 is 0. The zero-order chi connectivity index (χ0) is 23.4. The molecule has 33 heavy (non-hydrogen) atoms. The highest BCUT2D eigenvalue weighted by atomic mass is 16.5. The van der Waals surface area contributed by atoms with E-state index in [1.54, 1.807) is 73.1 Å². The highest BCUT2D eigenvalue weighted by molar-refractivity contribution is 6.46. The largest absolute Gasteiger partial charge is 0.507 e. The van der Waals surface area contributed by atoms with E-state index in [1.165, 1.54) is 12.0 Å². The van der Waals surface area contributed by atoms with Crippen LogP contribution in [0.5, 0.6) is 11.5 Å². The Balaban J connectivity index is 1.84. The van der Waals surface area contributed by atoms with Gasteiger partial charge in [0.2, 0.25) is 0 Å². The van der Waals surface area contributed by atoms with Crippen LogP contribution in [0.25, 0.3) is 5.76 Å². The number of carbonyl (C=O) groups excluding carboxylic acids is 2. The van der Waals surface area contributed by atoms with Crippen molar-refractivity contribution >= 4 is 17.4 Å². The number of aliphatic hydroxyl groups excluding tert-OH is 1. The maximum atomic E-state index is 13.2. The smallest absolute Gasteiger partial charge is 0.295 e. The maximum absolute atomic E-state index is 13.2. The Morgan fingerprint density at radius 3 is 2.42 bits per heavy atom. The number of methoxy groups -OCH3 is 1. The fourth-order valence-electron chi connectivity index (χ4n) is 3.91. The monoisotopic (exact) mass is 444 g/mol. The molecule has 1 aliphatic heterocycles. The van der Waals surface area contributed by atoms with Gasteiger partial charge in [0.15, 0.2) is 0 Å². The van der Waals surface area contributed by atoms with Gasteiger partial charge in [-0.05, 0) is 54.4 Å². The summed E-state index contributed by atoms with van der Waals surface area (Å²) in [5.41, 5.74) is 1.94. The standard InChI is InChI=1S/C26H24N2O5/c1-3-33-20-9-7-18(8-10-20)23-22(24(29)19-5-4-6-21(15-19)32-2)25(30)26(31)28(23)16-17-11-13-27-14-12-17/h4-15,23,29H,3,16H2,1-2H3/b24-22+. The molecule has 0 bridgehead atoms. The molecule has 1 aliphatic rings. The average Bonchev–Trinajstić information content (AvgIpc) is 3.10. The number of aromatic nitrogens is 1. The molecule has 0 saturated carbocycles. The Morgan fingerprint density at radius 1 is 1.03 bits per heavy atom. The number of likely N-dealkylation sites (tertiary alicyclic amines) is 1. The first kappa shape index (κ1) is 22.1. The molecule has 2 aromatic carbocycles. The topological polar surface area (TPSA) is 89.0 Å². The summed E-state index contributed by atoms with van der Waals surface area (Å²) in [5, 5.41) is 11.2. The van der Waals surface area contributed by atoms with Crippen LogP contribution in [0.3, 0.4) is 0 Å². The second-order valence-corrected chi connectivity index (χ2v) is 7.52. The van der Waals surface area contributed by atoms with E-state index < -0.39 is 17.7 Å². The van der Waals surface area contributed by atoms with Gasteiger partial charge in [-0.1, -0.05) is 24.3 Å². The zero-order valence-electron chi connectivity index (χ0n) is 18.4. The minimum atomic E-state index is -0.764. The minimum Gasteiger partial charge on any atom is -0.507 e. The lowest BCUT2D eigenvalue weighted by Crippen LogP contribution is -2.29. The van der Waals surface area contributed by atoms with Crippen molar-refractivity contribution in [2.75, 3.05) is 13.7 Å². The van der Waals surface area contributed by atoms with Crippen LogP contribution in [0.4, 0.5) is 0 Å². The summed E-state index contributed by atoms with van der Waals surface area (Å²) in [4.78, 5) is 31.7. The van der Waals surface area contributed by atoms with Crippen LogP contribution >= 0.6 is 0 Å². The number of hydrogen-bond donors (Lipinski definition) is 1. The summed E-state index contributed by atoms with van der Waals surface area (Å²) in [6, 6.07) is 16.8. The first-order valence-corrected chi connectivity index (χ1v) is 10.6. The third-order valence-electron chi connectivity index (χ3n) is 5.49. The van der Waals surface area contributed by atoms with Crippen LogP contribution in [-0.4, -0.2) is 40.4 Å². The van der Waals surface area contributed by atoms with E-state index >= 15 is 0 Å². The third kappa shape index (κ3) is 4.43. The Kier molecular flexibility index (Phi) is 6.40. The summed E-state index contributed by atoms with van der Waals surface area (Å²) in [6.45, 7) is 2.61. The molecule has 3 aromatic rings. The number of carbonyl (C=O) groups is 2. The van der Waals surface area contributed by atoms with Gasteiger partial charge in [0.1, 0.15) is 17.3 Å². The van der Waals surface area contributed by atoms with Gasteiger partial charge < -0.3 is 19.5 Å². The number of pyridine rings is 1. The molecular weight excluding hydrogens is 420 g/mol. The van der Waals surface area contributed by atoms with Gasteiger partial charge in [0.05, 0.1) is 25.3 Å². The molecule has 1 amide bonds. The number of aliphatic hydroxyl groups is 1. The van der Waals surface area contributed by atoms with Crippen molar-refractivity contribution < 1.29 is 24.2 Å². The van der Waals surface area contributed by atoms with Gasteiger partial charge in [-0.25, -0.2) is 0 Å². The van der Waals surface area contributed by atoms with Crippen LogP contribution in [0.1, 0.15) is 29.7 Å². The lowest BCUT2D eigenvalue weighted by molar-refractivity contribution is -0.140. The molecule has 0 radical (unpaired) electrons. The van der Waals surface area contributed by atoms with Crippen molar-refractivity contribution in [2.45, 2.75) is 19.5 Å². The van der Waals surface area contributed by atoms with E-state index in [9.17, 15) is 14.7 Å². The maximum Gasteiger partial charge on any atom is 0.295 e. The number of amides is 1. The van der Waals surface area contributed by atoms with Gasteiger partial charge in [-0.3, -0.25) is 14.6 Å². The van der Waals surface area contributed by atoms with Crippen molar-refractivity contribution in [3.05, 3.63) is 95.3 Å². The van der Waals surface area contributed by atoms with E-state index in [0.717, 1.165) is 5.56 Å². The van der Waals surface area contributed by atoms with Crippen molar-refractivity contribution in [3.63, 3.8) is 0 Å². The van der Waals surface area contributed by atoms with Crippen molar-refractivity contribution in [2.24, 2.45) is 0 Å². The van der Waals surface area contributed by atoms with E-state index in [0.29, 0.717) is 29.2 Å². The number of benzene rings is 2. The summed E-state index contributed by atoms with van der Waals surface area (Å²) in [7, 11) is 1.52. The van der Waals surface area contributed by atoms with E-state index in [1.807, 2.05) is 6.92 Å². The van der Waals surface area contributed by atoms with Crippen molar-refractivity contribution in [3.8, 4) is 11.5 Å². The number of hydrogen-bond acceptors (Lipinski definition) is 6. The molecule has 4 rings (SSSR count). The average molecular weight is 444 g/mol. The highest BCUT2D eigenvalue weighted by Gasteiger charge is 2.46. The normalized spacial score (nSPS) is 17.3. The molecule has 1 aromatic heterocycles. The number of Topliss-reactive ketones (excluding diaryl/α,β-unsaturated/α-hetero) is 1. The lowest BCUT2D eigenvalue weighted by atomic mass is 9.95. The molecule has 1 saturated heterocycles. The number of nitrogens with zero attached hydrogens (tertiary/aromatic N) is 2. The van der Waals surface area contributed by atoms with Crippen LogP contribution in [0.15, 0.2) is 78.6 Å². The Morgan fingerprint density at radius 2 is 1.76 bits per heavy atom. The zero-order valence-corrected chi connectivity index (χ0v) is 18.4. The molecule has 2 heterocycles. The second-order valence-electron chi connectivity index (χ2n) is 7.52. The summed E-state index contributed by atoms with van der Waals surface area (Å²) < 4.78 is 10.8. The molecule has 0 aliphatic carbocycles. The first-order valence-electron chi connectivity index (χ1n) is 10.6. The predicted octanol–water partition coefficient (Wildman–Crippen LogP) is 4.11. The summed E-state index contributed by atoms with van der Waals surface area (Å²) in [6.07, 6.45) is 3.27. The van der Waals surface area contributed by atoms with E-state index in [-0.39, 0.29) is 17.9 Å². The van der Waals surface area contributed by atoms with Crippen LogP contribution in [0, 0.1) is 0 Å². The van der Waals surface area contributed by atoms with Crippen LogP contribution in [-0.2, 0) is 16.1 Å². The Labute approximate surface area is 191 Å². The summed E-state index contributed by atoms with van der Waals surface area (Å²) in [5.74, 6) is -0.440. The third-order valence-corrected chi connectivity index (χ3v) is 5.49. The van der Waals surface area contributed by atoms with Crippen molar-refractivity contribution in [1.29, 1.82) is 0 Å². The van der Waals surface area contributed by atoms with Gasteiger partial charge in [-0.15, -0.1) is 0 Å². The molecule has 168 valence electrons. The molecule has 1 unspecified atom stereocenters. The fraction of sp³-hybridized carbons (Fsp3) is 0.192. The van der Waals surface area contributed by atoms with Gasteiger partial charge >= 0.3 is 0 Å². The molecule has 0 spiro atoms. The first-order chi connectivity index (χ1) is 16.0. The van der Waals surface area contributed by atoms with Gasteiger partial charge in [0, 0.05) is 24.5 Å². The number of ether oxygens (including phenoxy) is 2. The highest BCUT2D eigenvalue weighted by Crippen LogP contribution is 2.41. The number of rotatable bonds is 7. The van der Waals surface area contributed by atoms with E-state index in [4.69, 9.17) is 9.47 Å². The van der Waals surface area contributed by atoms with Crippen molar-refractivity contribution in [1.82, 2.24) is 9.88 Å². The molecule has 1 fully saturated rings. The predicted molar refractivity (Wildman–Crippen MR) is 123 cm³/mol. The van der Waals surface area contributed by atoms with Crippen LogP contribution < -0.4 is 9.47 Å². The molecule has 1 atom stereocenters. The SMILES string of the molecule is CCOc1ccc(C2/C(=C(\O)c3cccc(OC)c3)C(=O)C(=O)N2Cc2ccncc2)cc1. The minimum absolute atomic E-state index is 0.0338. The Bertz CT molecular complexity index is 1190. The number of ketones is 1. The molecule has 7 heteroatoms. The quantitative estimate of drug-likeness (QED) is 0.335. The van der Waals surface area contributed by atoms with Crippen LogP contribution in [0.2, 0.25) is 0 Å². The molecule has 1 N–H and O–H groups in total. The van der Waals surface area contributed by atoms with Gasteiger partial charge in [-0.2, -0.15) is 0 Å². The fourth-order valence-corrected chi connectivity index (χ4v) is 3.91. The second kappa shape index (κ2) is 9.56. The lowest BCUT2D eigenvalue weighted by Gasteiger charge is -2.25. The molecule has 7 nitrogen and oxygen atoms in total. The molecular formula is C26H24N2O5. The van der Waals surface area contributed by atoms with E-state index in [2.05, 4.69) is 4.98 Å². The van der Waals surface area contributed by atoms with Gasteiger partial charge in [0.25, 0.3) is 11.7 Å².